The fourth-order valence-electron chi connectivity index (χ4n) is 5.34. The van der Waals surface area contributed by atoms with Crippen molar-refractivity contribution in [1.82, 2.24) is 29.9 Å². The van der Waals surface area contributed by atoms with Crippen LogP contribution in [-0.2, 0) is 0 Å². The molecule has 1 unspecified atom stereocenters. The number of aromatic nitrogens is 5. The molecule has 2 aromatic carbocycles. The molecular formula is C25H23ClFN7O. The summed E-state index contributed by atoms with van der Waals surface area (Å²) >= 11 is 6.30. The fourth-order valence-corrected chi connectivity index (χ4v) is 5.51. The number of carbonyl (C=O) groups is 1. The number of nitrogens with one attached hydrogen (secondary N) is 1. The number of nitrogens with zero attached hydrogens (tertiary/aromatic N) is 6. The molecule has 0 spiro atoms. The zero-order valence-corrected chi connectivity index (χ0v) is 19.7. The van der Waals surface area contributed by atoms with Crippen LogP contribution in [0.5, 0.6) is 0 Å². The smallest absolute Gasteiger partial charge is 0.256 e. The van der Waals surface area contributed by atoms with Crippen molar-refractivity contribution >= 4 is 34.4 Å². The van der Waals surface area contributed by atoms with Crippen LogP contribution in [0.1, 0.15) is 30.1 Å². The van der Waals surface area contributed by atoms with Crippen molar-refractivity contribution in [2.75, 3.05) is 11.9 Å². The van der Waals surface area contributed by atoms with Crippen LogP contribution in [0.25, 0.3) is 16.7 Å². The van der Waals surface area contributed by atoms with Crippen LogP contribution < -0.4 is 5.32 Å². The molecule has 4 aromatic rings. The van der Waals surface area contributed by atoms with Gasteiger partial charge < -0.3 is 10.2 Å². The SMILES string of the molecule is C[C@@H]1C2CC(C2)N(C(=O)c2cc(Cl)ccc2-n2nccn2)C1CNc1cnc2cc(F)ccc2n1. The number of carbonyl (C=O) groups excluding carboxylic acids is 1. The molecule has 3 fully saturated rings. The van der Waals surface area contributed by atoms with E-state index in [4.69, 9.17) is 11.6 Å². The van der Waals surface area contributed by atoms with Crippen molar-refractivity contribution in [1.29, 1.82) is 0 Å². The molecule has 10 heteroatoms. The second kappa shape index (κ2) is 8.57. The highest BCUT2D eigenvalue weighted by atomic mass is 35.5. The van der Waals surface area contributed by atoms with Gasteiger partial charge in [0.05, 0.1) is 46.9 Å². The molecule has 1 amide bonds. The Morgan fingerprint density at radius 3 is 2.74 bits per heavy atom. The maximum atomic E-state index is 14.0. The molecule has 35 heavy (non-hydrogen) atoms. The van der Waals surface area contributed by atoms with E-state index in [1.807, 2.05) is 4.90 Å². The zero-order chi connectivity index (χ0) is 24.1. The summed E-state index contributed by atoms with van der Waals surface area (Å²) in [6, 6.07) is 9.68. The normalized spacial score (nSPS) is 23.2. The van der Waals surface area contributed by atoms with Gasteiger partial charge in [0.2, 0.25) is 0 Å². The van der Waals surface area contributed by atoms with Crippen molar-refractivity contribution in [2.24, 2.45) is 11.8 Å². The lowest BCUT2D eigenvalue weighted by atomic mass is 9.64. The summed E-state index contributed by atoms with van der Waals surface area (Å²) in [7, 11) is 0. The van der Waals surface area contributed by atoms with Crippen LogP contribution in [0, 0.1) is 17.7 Å². The summed E-state index contributed by atoms with van der Waals surface area (Å²) in [6.07, 6.45) is 6.75. The first kappa shape index (κ1) is 21.9. The maximum Gasteiger partial charge on any atom is 0.256 e. The molecule has 2 bridgehead atoms. The van der Waals surface area contributed by atoms with Gasteiger partial charge in [-0.15, -0.1) is 0 Å². The highest BCUT2D eigenvalue weighted by molar-refractivity contribution is 6.31. The average Bonchev–Trinajstić information content (AvgIpc) is 3.36. The third-order valence-electron chi connectivity index (χ3n) is 7.31. The molecule has 0 radical (unpaired) electrons. The number of amides is 1. The maximum absolute atomic E-state index is 14.0. The van der Waals surface area contributed by atoms with Crippen molar-refractivity contribution in [3.05, 3.63) is 71.4 Å². The number of anilines is 1. The van der Waals surface area contributed by atoms with Gasteiger partial charge in [-0.3, -0.25) is 9.78 Å². The van der Waals surface area contributed by atoms with Crippen molar-refractivity contribution in [3.63, 3.8) is 0 Å². The standard InChI is InChI=1S/C25H23ClFN7O/c1-14-15-8-18(9-15)33(25(35)19-10-16(26)2-5-22(19)34-30-6-7-31-34)23(14)12-29-24-13-28-21-11-17(27)3-4-20(21)32-24/h2-7,10-11,13-15,18,23H,8-9,12H2,1H3,(H,29,32)/t14-,15?,18?,23?/m1/s1. The molecule has 3 aliphatic rings. The van der Waals surface area contributed by atoms with Gasteiger partial charge >= 0.3 is 0 Å². The highest BCUT2D eigenvalue weighted by Crippen LogP contribution is 2.47. The number of piperidine rings is 2. The Hall–Kier alpha value is -3.59. The van der Waals surface area contributed by atoms with Crippen LogP contribution in [0.15, 0.2) is 55.0 Å². The summed E-state index contributed by atoms with van der Waals surface area (Å²) in [5.74, 6) is 1.06. The quantitative estimate of drug-likeness (QED) is 0.446. The van der Waals surface area contributed by atoms with E-state index in [0.29, 0.717) is 51.5 Å². The minimum absolute atomic E-state index is 0.0388. The lowest BCUT2D eigenvalue weighted by molar-refractivity contribution is -0.0502. The van der Waals surface area contributed by atoms with Gasteiger partial charge in [-0.05, 0) is 55.0 Å². The van der Waals surface area contributed by atoms with Crippen LogP contribution in [-0.4, -0.2) is 54.4 Å². The molecule has 2 aliphatic heterocycles. The van der Waals surface area contributed by atoms with Gasteiger partial charge in [0.15, 0.2) is 0 Å². The largest absolute Gasteiger partial charge is 0.367 e. The van der Waals surface area contributed by atoms with E-state index in [0.717, 1.165) is 12.8 Å². The van der Waals surface area contributed by atoms with Crippen LogP contribution in [0.2, 0.25) is 5.02 Å². The van der Waals surface area contributed by atoms with Crippen molar-refractivity contribution in [2.45, 2.75) is 31.8 Å². The molecule has 1 aliphatic carbocycles. The average molecular weight is 492 g/mol. The Kier molecular flexibility index (Phi) is 5.36. The Labute approximate surface area is 206 Å². The second-order valence-corrected chi connectivity index (χ2v) is 9.71. The Bertz CT molecular complexity index is 1410. The number of rotatable bonds is 5. The monoisotopic (exact) mass is 491 g/mol. The first-order valence-corrected chi connectivity index (χ1v) is 12.0. The summed E-state index contributed by atoms with van der Waals surface area (Å²) in [6.45, 7) is 2.73. The molecular weight excluding hydrogens is 469 g/mol. The molecule has 1 N–H and O–H groups in total. The molecule has 2 aromatic heterocycles. The predicted octanol–water partition coefficient (Wildman–Crippen LogP) is 4.35. The Morgan fingerprint density at radius 2 is 1.94 bits per heavy atom. The second-order valence-electron chi connectivity index (χ2n) is 9.27. The topological polar surface area (TPSA) is 88.8 Å². The van der Waals surface area contributed by atoms with E-state index >= 15 is 0 Å². The number of hydrogen-bond donors (Lipinski definition) is 1. The predicted molar refractivity (Wildman–Crippen MR) is 130 cm³/mol. The zero-order valence-electron chi connectivity index (χ0n) is 19.0. The van der Waals surface area contributed by atoms with Gasteiger partial charge in [0.1, 0.15) is 11.6 Å². The van der Waals surface area contributed by atoms with Gasteiger partial charge in [-0.25, -0.2) is 9.37 Å². The van der Waals surface area contributed by atoms with Gasteiger partial charge in [0.25, 0.3) is 5.91 Å². The molecule has 7 rings (SSSR count). The molecule has 8 nitrogen and oxygen atoms in total. The molecule has 2 saturated heterocycles. The van der Waals surface area contributed by atoms with E-state index in [1.54, 1.807) is 42.9 Å². The lowest BCUT2D eigenvalue weighted by Gasteiger charge is -2.57. The van der Waals surface area contributed by atoms with Gasteiger partial charge in [-0.2, -0.15) is 15.0 Å². The summed E-state index contributed by atoms with van der Waals surface area (Å²) in [5.41, 5.74) is 2.18. The number of halogens is 2. The molecule has 1 saturated carbocycles. The summed E-state index contributed by atoms with van der Waals surface area (Å²) in [5, 5.41) is 12.3. The first-order chi connectivity index (χ1) is 17.0. The minimum Gasteiger partial charge on any atom is -0.367 e. The van der Waals surface area contributed by atoms with Gasteiger partial charge in [0, 0.05) is 23.7 Å². The number of benzene rings is 2. The Balaban J connectivity index is 1.29. The van der Waals surface area contributed by atoms with E-state index < -0.39 is 0 Å². The van der Waals surface area contributed by atoms with E-state index in [-0.39, 0.29) is 23.8 Å². The van der Waals surface area contributed by atoms with Crippen LogP contribution in [0.3, 0.4) is 0 Å². The lowest BCUT2D eigenvalue weighted by Crippen LogP contribution is -2.64. The van der Waals surface area contributed by atoms with Gasteiger partial charge in [-0.1, -0.05) is 18.5 Å². The number of hydrogen-bond acceptors (Lipinski definition) is 6. The molecule has 178 valence electrons. The minimum atomic E-state index is -0.345. The van der Waals surface area contributed by atoms with Crippen molar-refractivity contribution < 1.29 is 9.18 Å². The summed E-state index contributed by atoms with van der Waals surface area (Å²) < 4.78 is 13.5. The van der Waals surface area contributed by atoms with E-state index in [9.17, 15) is 9.18 Å². The van der Waals surface area contributed by atoms with Crippen LogP contribution >= 0.6 is 11.6 Å². The number of fused-ring (bicyclic) bond motifs is 3. The molecule has 2 atom stereocenters. The molecule has 4 heterocycles. The van der Waals surface area contributed by atoms with Crippen LogP contribution in [0.4, 0.5) is 10.2 Å². The van der Waals surface area contributed by atoms with E-state index in [1.165, 1.54) is 16.9 Å². The Morgan fingerprint density at radius 1 is 1.14 bits per heavy atom. The third-order valence-corrected chi connectivity index (χ3v) is 7.54. The summed E-state index contributed by atoms with van der Waals surface area (Å²) in [4.78, 5) is 26.3. The fraction of sp³-hybridized carbons (Fsp3) is 0.320. The third kappa shape index (κ3) is 3.89. The highest BCUT2D eigenvalue weighted by Gasteiger charge is 2.50. The van der Waals surface area contributed by atoms with Crippen molar-refractivity contribution in [3.8, 4) is 5.69 Å². The first-order valence-electron chi connectivity index (χ1n) is 11.6. The van der Waals surface area contributed by atoms with E-state index in [2.05, 4.69) is 32.4 Å².